The molecule has 8 nitrogen and oxygen atoms in total. The minimum absolute atomic E-state index is 0.0221. The highest BCUT2D eigenvalue weighted by Gasteiger charge is 2.43. The highest BCUT2D eigenvalue weighted by atomic mass is 32.2. The van der Waals surface area contributed by atoms with Crippen molar-refractivity contribution in [3.05, 3.63) is 35.9 Å². The van der Waals surface area contributed by atoms with Crippen molar-refractivity contribution >= 4 is 16.2 Å². The number of piperazine rings is 1. The lowest BCUT2D eigenvalue weighted by Crippen LogP contribution is -2.51. The summed E-state index contributed by atoms with van der Waals surface area (Å²) >= 11 is 0. The third kappa shape index (κ3) is 6.37. The van der Waals surface area contributed by atoms with Gasteiger partial charge < -0.3 is 15.3 Å². The van der Waals surface area contributed by atoms with Gasteiger partial charge in [-0.05, 0) is 26.1 Å². The summed E-state index contributed by atoms with van der Waals surface area (Å²) in [5.74, 6) is -2.76. The Labute approximate surface area is 167 Å². The first kappa shape index (κ1) is 23.5. The summed E-state index contributed by atoms with van der Waals surface area (Å²) in [6, 6.07) is 10.4. The highest BCUT2D eigenvalue weighted by Crippen LogP contribution is 2.26. The topological polar surface area (TPSA) is 102 Å². The smallest absolute Gasteiger partial charge is 0.475 e. The molecule has 2 fully saturated rings. The maximum absolute atomic E-state index is 12.5. The fourth-order valence-electron chi connectivity index (χ4n) is 3.36. The number of rotatable bonds is 6. The van der Waals surface area contributed by atoms with E-state index >= 15 is 0 Å². The Morgan fingerprint density at radius 1 is 1.34 bits per heavy atom. The second-order valence-electron chi connectivity index (χ2n) is 7.11. The van der Waals surface area contributed by atoms with E-state index in [2.05, 4.69) is 10.0 Å². The molecule has 0 amide bonds. The summed E-state index contributed by atoms with van der Waals surface area (Å²) in [5, 5.41) is 10.4. The molecule has 2 saturated heterocycles. The Morgan fingerprint density at radius 2 is 1.93 bits per heavy atom. The number of nitrogens with zero attached hydrogens (tertiary/aromatic N) is 2. The third-order valence-electron chi connectivity index (χ3n) is 4.82. The molecule has 0 aromatic heterocycles. The van der Waals surface area contributed by atoms with E-state index in [-0.39, 0.29) is 12.1 Å². The van der Waals surface area contributed by atoms with Crippen molar-refractivity contribution in [1.29, 1.82) is 0 Å². The molecule has 0 radical (unpaired) electrons. The molecule has 0 aliphatic carbocycles. The van der Waals surface area contributed by atoms with Gasteiger partial charge in [-0.3, -0.25) is 0 Å². The minimum Gasteiger partial charge on any atom is -0.475 e. The molecule has 3 N–H and O–H groups in total. The lowest BCUT2D eigenvalue weighted by Gasteiger charge is -2.29. The van der Waals surface area contributed by atoms with E-state index < -0.39 is 22.4 Å². The van der Waals surface area contributed by atoms with Crippen molar-refractivity contribution < 1.29 is 31.5 Å². The van der Waals surface area contributed by atoms with Crippen molar-refractivity contribution in [3.63, 3.8) is 0 Å². The monoisotopic (exact) mass is 438 g/mol. The Morgan fingerprint density at radius 3 is 2.34 bits per heavy atom. The maximum Gasteiger partial charge on any atom is 0.490 e. The number of aliphatic carboxylic acids is 1. The molecule has 3 atom stereocenters. The molecule has 2 heterocycles. The van der Waals surface area contributed by atoms with Gasteiger partial charge in [-0.2, -0.15) is 25.9 Å². The Bertz CT molecular complexity index is 790. The number of fused-ring (bicyclic) bond motifs is 2. The molecule has 12 heteroatoms. The predicted molar refractivity (Wildman–Crippen MR) is 100 cm³/mol. The van der Waals surface area contributed by atoms with E-state index in [9.17, 15) is 21.6 Å². The average Bonchev–Trinajstić information content (AvgIpc) is 3.26. The molecule has 0 spiro atoms. The fourth-order valence-corrected chi connectivity index (χ4v) is 4.82. The first-order valence-corrected chi connectivity index (χ1v) is 10.4. The van der Waals surface area contributed by atoms with Crippen LogP contribution in [0.15, 0.2) is 30.3 Å². The van der Waals surface area contributed by atoms with Gasteiger partial charge in [0.15, 0.2) is 0 Å². The molecule has 1 unspecified atom stereocenters. The van der Waals surface area contributed by atoms with Crippen LogP contribution < -0.4 is 10.0 Å². The van der Waals surface area contributed by atoms with Crippen LogP contribution in [0.2, 0.25) is 0 Å². The average molecular weight is 438 g/mol. The van der Waals surface area contributed by atoms with Crippen LogP contribution >= 0.6 is 0 Å². The number of halogens is 3. The number of hydrogen-bond donors (Lipinski definition) is 3. The lowest BCUT2D eigenvalue weighted by atomic mass is 10.1. The molecule has 0 saturated carbocycles. The number of carboxylic acid groups (broad SMARTS) is 1. The van der Waals surface area contributed by atoms with Gasteiger partial charge in [0.25, 0.3) is 10.2 Å². The van der Waals surface area contributed by atoms with Crippen LogP contribution in [0.1, 0.15) is 18.0 Å². The van der Waals surface area contributed by atoms with Gasteiger partial charge in [-0.1, -0.05) is 30.3 Å². The van der Waals surface area contributed by atoms with Crippen molar-refractivity contribution in [2.24, 2.45) is 0 Å². The van der Waals surface area contributed by atoms with Crippen molar-refractivity contribution in [3.8, 4) is 0 Å². The number of hydrogen-bond acceptors (Lipinski definition) is 5. The Balaban J connectivity index is 0.000000370. The molecule has 2 aliphatic heterocycles. The summed E-state index contributed by atoms with van der Waals surface area (Å²) in [6.07, 6.45) is -4.16. The molecular weight excluding hydrogens is 413 g/mol. The van der Waals surface area contributed by atoms with E-state index in [1.807, 2.05) is 49.3 Å². The van der Waals surface area contributed by atoms with Crippen LogP contribution in [-0.4, -0.2) is 80.7 Å². The van der Waals surface area contributed by atoms with Crippen LogP contribution in [0.5, 0.6) is 0 Å². The Hall–Kier alpha value is -1.73. The van der Waals surface area contributed by atoms with E-state index in [0.29, 0.717) is 19.1 Å². The molecule has 2 bridgehead atoms. The summed E-state index contributed by atoms with van der Waals surface area (Å²) in [6.45, 7) is 1.72. The third-order valence-corrected chi connectivity index (χ3v) is 6.42. The van der Waals surface area contributed by atoms with Crippen LogP contribution in [0.25, 0.3) is 0 Å². The maximum atomic E-state index is 12.5. The van der Waals surface area contributed by atoms with E-state index in [1.54, 1.807) is 4.31 Å². The number of alkyl halides is 3. The van der Waals surface area contributed by atoms with E-state index in [0.717, 1.165) is 18.5 Å². The van der Waals surface area contributed by atoms with Gasteiger partial charge in [-0.25, -0.2) is 9.52 Å². The highest BCUT2D eigenvalue weighted by molar-refractivity contribution is 7.87. The zero-order chi connectivity index (χ0) is 21.8. The second kappa shape index (κ2) is 9.39. The zero-order valence-corrected chi connectivity index (χ0v) is 16.9. The first-order valence-electron chi connectivity index (χ1n) is 8.93. The van der Waals surface area contributed by atoms with Gasteiger partial charge in [0, 0.05) is 37.8 Å². The molecule has 2 aliphatic rings. The van der Waals surface area contributed by atoms with Crippen LogP contribution in [-0.2, 0) is 15.0 Å². The number of benzene rings is 1. The van der Waals surface area contributed by atoms with Gasteiger partial charge in [-0.15, -0.1) is 0 Å². The number of nitrogens with one attached hydrogen (secondary N) is 2. The largest absolute Gasteiger partial charge is 0.490 e. The molecule has 3 rings (SSSR count). The fraction of sp³-hybridized carbons (Fsp3) is 0.588. The first-order chi connectivity index (χ1) is 13.4. The summed E-state index contributed by atoms with van der Waals surface area (Å²) in [4.78, 5) is 10.9. The predicted octanol–water partition coefficient (Wildman–Crippen LogP) is 0.803. The van der Waals surface area contributed by atoms with Gasteiger partial charge >= 0.3 is 12.1 Å². The normalized spacial score (nSPS) is 23.0. The Kier molecular flexibility index (Phi) is 7.62. The number of likely N-dealkylation sites (N-methyl/N-ethyl adjacent to an activating group) is 1. The van der Waals surface area contributed by atoms with E-state index in [1.165, 1.54) is 0 Å². The summed E-state index contributed by atoms with van der Waals surface area (Å²) in [5.41, 5.74) is 1.11. The SMILES string of the molecule is CN(C)C(CNS(=O)(=O)N1C[C@@H]2C[C@H]1CN2)c1ccccc1.O=C(O)C(F)(F)F. The summed E-state index contributed by atoms with van der Waals surface area (Å²) in [7, 11) is 0.521. The minimum atomic E-state index is -5.08. The second-order valence-corrected chi connectivity index (χ2v) is 8.82. The molecule has 29 heavy (non-hydrogen) atoms. The van der Waals surface area contributed by atoms with Gasteiger partial charge in [0.2, 0.25) is 0 Å². The quantitative estimate of drug-likeness (QED) is 0.608. The van der Waals surface area contributed by atoms with Crippen molar-refractivity contribution in [1.82, 2.24) is 19.2 Å². The van der Waals surface area contributed by atoms with E-state index in [4.69, 9.17) is 9.90 Å². The molecule has 1 aromatic rings. The van der Waals surface area contributed by atoms with Crippen molar-refractivity contribution in [2.45, 2.75) is 30.7 Å². The van der Waals surface area contributed by atoms with Crippen molar-refractivity contribution in [2.75, 3.05) is 33.7 Å². The van der Waals surface area contributed by atoms with Crippen LogP contribution in [0, 0.1) is 0 Å². The molecule has 164 valence electrons. The van der Waals surface area contributed by atoms with Crippen LogP contribution in [0.3, 0.4) is 0 Å². The number of carbonyl (C=O) groups is 1. The number of carboxylic acids is 1. The van der Waals surface area contributed by atoms with Gasteiger partial charge in [0.1, 0.15) is 0 Å². The van der Waals surface area contributed by atoms with Crippen LogP contribution in [0.4, 0.5) is 13.2 Å². The zero-order valence-electron chi connectivity index (χ0n) is 16.1. The molecule has 1 aromatic carbocycles. The molecular formula is C17H25F3N4O4S. The standard InChI is InChI=1S/C15H24N4O2S.C2HF3O2/c1-18(2)15(12-6-4-3-5-7-12)10-17-22(20,21)19-11-13-8-14(19)9-16-13;3-2(4,5)1(6)7/h3-7,13-17H,8-11H2,1-2H3;(H,6,7)/t13-,14-,15?;/m0./s1. The lowest BCUT2D eigenvalue weighted by molar-refractivity contribution is -0.192. The summed E-state index contributed by atoms with van der Waals surface area (Å²) < 4.78 is 61.2. The van der Waals surface area contributed by atoms with Gasteiger partial charge in [0.05, 0.1) is 0 Å².